The Morgan fingerprint density at radius 3 is 2.78 bits per heavy atom. The maximum Gasteiger partial charge on any atom is 0.157 e. The number of hydrogen-bond acceptors (Lipinski definition) is 4. The van der Waals surface area contributed by atoms with Gasteiger partial charge in [-0.3, -0.25) is 4.99 Å². The number of aryl methyl sites for hydroxylation is 1. The molecule has 0 saturated carbocycles. The molecule has 5 heteroatoms. The Balaban J connectivity index is 1.43. The molecule has 2 aromatic rings. The molecule has 1 saturated heterocycles. The molecular weight excluding hydrogens is 356 g/mol. The van der Waals surface area contributed by atoms with Gasteiger partial charge in [-0.15, -0.1) is 0 Å². The van der Waals surface area contributed by atoms with Crippen LogP contribution in [0, 0.1) is 12.8 Å². The average Bonchev–Trinajstić information content (AvgIpc) is 3.16. The van der Waals surface area contributed by atoms with Gasteiger partial charge in [0.2, 0.25) is 0 Å². The fraction of sp³-hybridized carbons (Fsp3) is 0.409. The van der Waals surface area contributed by atoms with Gasteiger partial charge >= 0.3 is 0 Å². The van der Waals surface area contributed by atoms with Crippen molar-refractivity contribution < 1.29 is 0 Å². The molecule has 0 amide bonds. The standard InChI is InChI=1S/C22H25ClN4/c1-15-3-4-17(12-20(15)23)21-13-18(14-25-21)22-24-8-5-19(26-22)11-16-6-9-27(2)10-7-16/h3-5,8,12,14,16H,6-7,9-11,13H2,1-2H3. The number of halogens is 1. The third-order valence-corrected chi connectivity index (χ3v) is 5.98. The topological polar surface area (TPSA) is 41.4 Å². The number of aromatic nitrogens is 2. The predicted octanol–water partition coefficient (Wildman–Crippen LogP) is 4.56. The predicted molar refractivity (Wildman–Crippen MR) is 111 cm³/mol. The van der Waals surface area contributed by atoms with Gasteiger partial charge in [-0.25, -0.2) is 9.97 Å². The Kier molecular flexibility index (Phi) is 5.37. The Hall–Kier alpha value is -2.04. The van der Waals surface area contributed by atoms with Crippen LogP contribution in [0.4, 0.5) is 0 Å². The van der Waals surface area contributed by atoms with E-state index in [0.29, 0.717) is 0 Å². The van der Waals surface area contributed by atoms with Gasteiger partial charge in [0.05, 0.1) is 5.71 Å². The second-order valence-electron chi connectivity index (χ2n) is 7.69. The van der Waals surface area contributed by atoms with Crippen molar-refractivity contribution >= 4 is 22.9 Å². The van der Waals surface area contributed by atoms with E-state index in [1.807, 2.05) is 31.5 Å². The zero-order valence-electron chi connectivity index (χ0n) is 16.0. The number of rotatable bonds is 4. The maximum atomic E-state index is 6.27. The van der Waals surface area contributed by atoms with Crippen LogP contribution >= 0.6 is 11.6 Å². The van der Waals surface area contributed by atoms with Crippen LogP contribution in [0.3, 0.4) is 0 Å². The molecule has 0 N–H and O–H groups in total. The smallest absolute Gasteiger partial charge is 0.157 e. The van der Waals surface area contributed by atoms with E-state index in [4.69, 9.17) is 16.6 Å². The van der Waals surface area contributed by atoms with Crippen molar-refractivity contribution in [1.82, 2.24) is 14.9 Å². The minimum absolute atomic E-state index is 0.725. The summed E-state index contributed by atoms with van der Waals surface area (Å²) in [6.07, 6.45) is 8.07. The van der Waals surface area contributed by atoms with Crippen LogP contribution < -0.4 is 0 Å². The third-order valence-electron chi connectivity index (χ3n) is 5.58. The lowest BCUT2D eigenvalue weighted by atomic mass is 9.92. The van der Waals surface area contributed by atoms with Crippen molar-refractivity contribution in [2.75, 3.05) is 20.1 Å². The number of piperidine rings is 1. The van der Waals surface area contributed by atoms with E-state index in [9.17, 15) is 0 Å². The molecule has 1 fully saturated rings. The van der Waals surface area contributed by atoms with E-state index in [1.54, 1.807) is 0 Å². The van der Waals surface area contributed by atoms with E-state index < -0.39 is 0 Å². The van der Waals surface area contributed by atoms with Gasteiger partial charge in [0.15, 0.2) is 5.82 Å². The normalized spacial score (nSPS) is 18.5. The molecule has 2 aliphatic heterocycles. The number of nitrogens with zero attached hydrogens (tertiary/aromatic N) is 4. The molecule has 0 unspecified atom stereocenters. The molecule has 0 atom stereocenters. The molecular formula is C22H25ClN4. The molecule has 27 heavy (non-hydrogen) atoms. The van der Waals surface area contributed by atoms with Crippen LogP contribution in [0.1, 0.15) is 41.9 Å². The van der Waals surface area contributed by atoms with Gasteiger partial charge in [0, 0.05) is 35.1 Å². The second-order valence-corrected chi connectivity index (χ2v) is 8.10. The summed E-state index contributed by atoms with van der Waals surface area (Å²) in [7, 11) is 2.20. The van der Waals surface area contributed by atoms with Gasteiger partial charge in [-0.1, -0.05) is 23.7 Å². The fourth-order valence-corrected chi connectivity index (χ4v) is 3.92. The number of likely N-dealkylation sites (tertiary alicyclic amines) is 1. The zero-order chi connectivity index (χ0) is 18.8. The SMILES string of the molecule is Cc1ccc(C2=NC=C(c3nccc(CC4CCN(C)CC4)n3)C2)cc1Cl. The van der Waals surface area contributed by atoms with Crippen molar-refractivity contribution in [1.29, 1.82) is 0 Å². The van der Waals surface area contributed by atoms with Gasteiger partial charge in [-0.2, -0.15) is 0 Å². The van der Waals surface area contributed by atoms with E-state index in [2.05, 4.69) is 34.1 Å². The van der Waals surface area contributed by atoms with Crippen LogP contribution in [0.2, 0.25) is 5.02 Å². The highest BCUT2D eigenvalue weighted by Crippen LogP contribution is 2.27. The molecule has 3 heterocycles. The molecule has 1 aromatic heterocycles. The molecule has 0 aliphatic carbocycles. The van der Waals surface area contributed by atoms with Crippen molar-refractivity contribution in [3.05, 3.63) is 64.3 Å². The first kappa shape index (κ1) is 18.3. The summed E-state index contributed by atoms with van der Waals surface area (Å²) in [5.41, 5.74) is 5.39. The van der Waals surface area contributed by atoms with Crippen LogP contribution in [-0.2, 0) is 6.42 Å². The summed E-state index contributed by atoms with van der Waals surface area (Å²) in [6, 6.07) is 8.16. The Bertz CT molecular complexity index is 895. The first-order chi connectivity index (χ1) is 13.1. The van der Waals surface area contributed by atoms with Gasteiger partial charge in [0.25, 0.3) is 0 Å². The molecule has 0 spiro atoms. The lowest BCUT2D eigenvalue weighted by Crippen LogP contribution is -2.31. The van der Waals surface area contributed by atoms with Gasteiger partial charge in [-0.05, 0) is 75.5 Å². The molecule has 0 bridgehead atoms. The highest BCUT2D eigenvalue weighted by Gasteiger charge is 2.20. The van der Waals surface area contributed by atoms with Gasteiger partial charge in [0.1, 0.15) is 0 Å². The van der Waals surface area contributed by atoms with Crippen molar-refractivity contribution in [2.45, 2.75) is 32.6 Å². The number of aliphatic imine (C=N–C) groups is 1. The largest absolute Gasteiger partial charge is 0.306 e. The highest BCUT2D eigenvalue weighted by molar-refractivity contribution is 6.31. The van der Waals surface area contributed by atoms with E-state index in [1.165, 1.54) is 25.9 Å². The zero-order valence-corrected chi connectivity index (χ0v) is 16.7. The fourth-order valence-electron chi connectivity index (χ4n) is 3.74. The van der Waals surface area contributed by atoms with E-state index in [0.717, 1.165) is 57.7 Å². The molecule has 0 radical (unpaired) electrons. The van der Waals surface area contributed by atoms with E-state index >= 15 is 0 Å². The summed E-state index contributed by atoms with van der Waals surface area (Å²) >= 11 is 6.27. The quantitative estimate of drug-likeness (QED) is 0.780. The van der Waals surface area contributed by atoms with Crippen molar-refractivity contribution in [2.24, 2.45) is 10.9 Å². The molecule has 140 valence electrons. The van der Waals surface area contributed by atoms with E-state index in [-0.39, 0.29) is 0 Å². The summed E-state index contributed by atoms with van der Waals surface area (Å²) < 4.78 is 0. The Morgan fingerprint density at radius 1 is 1.19 bits per heavy atom. The summed E-state index contributed by atoms with van der Waals surface area (Å²) in [5, 5.41) is 0.778. The van der Waals surface area contributed by atoms with Crippen LogP contribution in [0.5, 0.6) is 0 Å². The molecule has 4 rings (SSSR count). The minimum atomic E-state index is 0.725. The lowest BCUT2D eigenvalue weighted by molar-refractivity contribution is 0.218. The van der Waals surface area contributed by atoms with Gasteiger partial charge < -0.3 is 4.90 Å². The number of benzene rings is 1. The van der Waals surface area contributed by atoms with Crippen LogP contribution in [0.15, 0.2) is 41.7 Å². The van der Waals surface area contributed by atoms with Crippen LogP contribution in [0.25, 0.3) is 5.57 Å². The number of hydrogen-bond donors (Lipinski definition) is 0. The highest BCUT2D eigenvalue weighted by atomic mass is 35.5. The Morgan fingerprint density at radius 2 is 2.00 bits per heavy atom. The summed E-state index contributed by atoms with van der Waals surface area (Å²) in [6.45, 7) is 4.38. The minimum Gasteiger partial charge on any atom is -0.306 e. The summed E-state index contributed by atoms with van der Waals surface area (Å²) in [5.74, 6) is 1.53. The molecule has 1 aromatic carbocycles. The van der Waals surface area contributed by atoms with Crippen LogP contribution in [-0.4, -0.2) is 40.7 Å². The molecule has 4 nitrogen and oxygen atoms in total. The summed E-state index contributed by atoms with van der Waals surface area (Å²) in [4.78, 5) is 16.3. The number of allylic oxidation sites excluding steroid dienone is 1. The average molecular weight is 381 g/mol. The molecule has 2 aliphatic rings. The third kappa shape index (κ3) is 4.28. The van der Waals surface area contributed by atoms with Crippen molar-refractivity contribution in [3.8, 4) is 0 Å². The first-order valence-electron chi connectivity index (χ1n) is 9.61. The van der Waals surface area contributed by atoms with Crippen molar-refractivity contribution in [3.63, 3.8) is 0 Å². The maximum absolute atomic E-state index is 6.27. The lowest BCUT2D eigenvalue weighted by Gasteiger charge is -2.28. The monoisotopic (exact) mass is 380 g/mol. The first-order valence-corrected chi connectivity index (χ1v) is 9.99. The second kappa shape index (κ2) is 7.91. The Labute approximate surface area is 166 Å².